The zero-order valence-corrected chi connectivity index (χ0v) is 14.6. The van der Waals surface area contributed by atoms with Crippen LogP contribution in [0.5, 0.6) is 0 Å². The topological polar surface area (TPSA) is 52.7 Å². The Balaban J connectivity index is 1.89. The molecule has 0 aromatic carbocycles. The van der Waals surface area contributed by atoms with Gasteiger partial charge in [-0.2, -0.15) is 0 Å². The number of thiophene rings is 1. The van der Waals surface area contributed by atoms with Crippen LogP contribution in [0.1, 0.15) is 18.7 Å². The van der Waals surface area contributed by atoms with Crippen molar-refractivity contribution in [3.63, 3.8) is 0 Å². The minimum Gasteiger partial charge on any atom is -0.304 e. The molecule has 1 aromatic rings. The first-order chi connectivity index (χ1) is 9.92. The number of hydrogen-bond donors (Lipinski definition) is 1. The molecule has 0 bridgehead atoms. The SMILES string of the molecule is CCc1ccc(S(=O)(=O)NC[C@H](C)N2CCN(C)CC2)s1. The van der Waals surface area contributed by atoms with Crippen molar-refractivity contribution in [3.8, 4) is 0 Å². The monoisotopic (exact) mass is 331 g/mol. The van der Waals surface area contributed by atoms with Crippen LogP contribution in [0.25, 0.3) is 0 Å². The number of likely N-dealkylation sites (N-methyl/N-ethyl adjacent to an activating group) is 1. The Morgan fingerprint density at radius 1 is 1.29 bits per heavy atom. The van der Waals surface area contributed by atoms with Crippen LogP contribution in [-0.4, -0.2) is 64.0 Å². The zero-order chi connectivity index (χ0) is 15.5. The van der Waals surface area contributed by atoms with Crippen LogP contribution < -0.4 is 4.72 Å². The van der Waals surface area contributed by atoms with Gasteiger partial charge in [0.1, 0.15) is 4.21 Å². The van der Waals surface area contributed by atoms with E-state index in [0.29, 0.717) is 10.8 Å². The van der Waals surface area contributed by atoms with Crippen LogP contribution in [0.4, 0.5) is 0 Å². The zero-order valence-electron chi connectivity index (χ0n) is 13.0. The molecule has 120 valence electrons. The number of piperazine rings is 1. The lowest BCUT2D eigenvalue weighted by Crippen LogP contribution is -2.51. The van der Waals surface area contributed by atoms with Crippen molar-refractivity contribution in [2.75, 3.05) is 39.8 Å². The second kappa shape index (κ2) is 7.19. The molecule has 1 atom stereocenters. The minimum atomic E-state index is -3.36. The van der Waals surface area contributed by atoms with Gasteiger partial charge >= 0.3 is 0 Å². The van der Waals surface area contributed by atoms with Crippen LogP contribution in [0.2, 0.25) is 0 Å². The fourth-order valence-electron chi connectivity index (χ4n) is 2.39. The molecule has 7 heteroatoms. The average Bonchev–Trinajstić information content (AvgIpc) is 2.95. The van der Waals surface area contributed by atoms with Crippen molar-refractivity contribution in [1.82, 2.24) is 14.5 Å². The molecule has 1 saturated heterocycles. The van der Waals surface area contributed by atoms with E-state index in [0.717, 1.165) is 37.5 Å². The molecule has 2 rings (SSSR count). The maximum Gasteiger partial charge on any atom is 0.250 e. The third kappa shape index (κ3) is 4.50. The van der Waals surface area contributed by atoms with E-state index in [1.165, 1.54) is 11.3 Å². The van der Waals surface area contributed by atoms with E-state index >= 15 is 0 Å². The molecule has 21 heavy (non-hydrogen) atoms. The molecule has 0 amide bonds. The second-order valence-electron chi connectivity index (χ2n) is 5.61. The van der Waals surface area contributed by atoms with Gasteiger partial charge in [0, 0.05) is 43.6 Å². The number of nitrogens with zero attached hydrogens (tertiary/aromatic N) is 2. The van der Waals surface area contributed by atoms with Gasteiger partial charge in [-0.15, -0.1) is 11.3 Å². The molecular weight excluding hydrogens is 306 g/mol. The third-order valence-electron chi connectivity index (χ3n) is 3.98. The van der Waals surface area contributed by atoms with Gasteiger partial charge in [0.05, 0.1) is 0 Å². The molecule has 0 radical (unpaired) electrons. The van der Waals surface area contributed by atoms with Crippen LogP contribution in [-0.2, 0) is 16.4 Å². The molecule has 1 fully saturated rings. The molecule has 0 unspecified atom stereocenters. The summed E-state index contributed by atoms with van der Waals surface area (Å²) >= 11 is 1.36. The lowest BCUT2D eigenvalue weighted by molar-refractivity contribution is 0.120. The van der Waals surface area contributed by atoms with E-state index in [1.54, 1.807) is 6.07 Å². The van der Waals surface area contributed by atoms with Gasteiger partial charge in [-0.05, 0) is 32.5 Å². The highest BCUT2D eigenvalue weighted by Crippen LogP contribution is 2.21. The number of nitrogens with one attached hydrogen (secondary N) is 1. The highest BCUT2D eigenvalue weighted by atomic mass is 32.2. The maximum atomic E-state index is 12.3. The summed E-state index contributed by atoms with van der Waals surface area (Å²) in [5.74, 6) is 0. The average molecular weight is 332 g/mol. The molecule has 5 nitrogen and oxygen atoms in total. The molecular formula is C14H25N3O2S2. The molecule has 1 aromatic heterocycles. The summed E-state index contributed by atoms with van der Waals surface area (Å²) < 4.78 is 27.7. The standard InChI is InChI=1S/C14H25N3O2S2/c1-4-13-5-6-14(20-13)21(18,19)15-11-12(2)17-9-7-16(3)8-10-17/h5-6,12,15H,4,7-11H2,1-3H3/t12-/m0/s1. The lowest BCUT2D eigenvalue weighted by atomic mass is 10.2. The molecule has 0 spiro atoms. The normalized spacial score (nSPS) is 19.8. The Kier molecular flexibility index (Phi) is 5.79. The van der Waals surface area contributed by atoms with Gasteiger partial charge in [-0.1, -0.05) is 6.92 Å². The Morgan fingerprint density at radius 3 is 2.52 bits per heavy atom. The van der Waals surface area contributed by atoms with E-state index in [9.17, 15) is 8.42 Å². The van der Waals surface area contributed by atoms with Crippen molar-refractivity contribution in [2.24, 2.45) is 0 Å². The molecule has 1 aliphatic rings. The van der Waals surface area contributed by atoms with Gasteiger partial charge in [0.15, 0.2) is 0 Å². The minimum absolute atomic E-state index is 0.221. The van der Waals surface area contributed by atoms with Crippen molar-refractivity contribution in [3.05, 3.63) is 17.0 Å². The largest absolute Gasteiger partial charge is 0.304 e. The fraction of sp³-hybridized carbons (Fsp3) is 0.714. The number of aryl methyl sites for hydroxylation is 1. The molecule has 0 saturated carbocycles. The van der Waals surface area contributed by atoms with Crippen molar-refractivity contribution in [1.29, 1.82) is 0 Å². The molecule has 1 aliphatic heterocycles. The smallest absolute Gasteiger partial charge is 0.250 e. The van der Waals surface area contributed by atoms with E-state index in [2.05, 4.69) is 28.5 Å². The lowest BCUT2D eigenvalue weighted by Gasteiger charge is -2.36. The predicted octanol–water partition coefficient (Wildman–Crippen LogP) is 1.22. The van der Waals surface area contributed by atoms with Crippen LogP contribution in [0.3, 0.4) is 0 Å². The van der Waals surface area contributed by atoms with E-state index < -0.39 is 10.0 Å². The van der Waals surface area contributed by atoms with Gasteiger partial charge in [-0.3, -0.25) is 4.90 Å². The van der Waals surface area contributed by atoms with Gasteiger partial charge < -0.3 is 4.90 Å². The Morgan fingerprint density at radius 2 is 1.95 bits per heavy atom. The van der Waals surface area contributed by atoms with Gasteiger partial charge in [0.25, 0.3) is 0 Å². The first-order valence-electron chi connectivity index (χ1n) is 7.43. The summed E-state index contributed by atoms with van der Waals surface area (Å²) in [4.78, 5) is 5.74. The van der Waals surface area contributed by atoms with Gasteiger partial charge in [-0.25, -0.2) is 13.1 Å². The highest BCUT2D eigenvalue weighted by molar-refractivity contribution is 7.91. The van der Waals surface area contributed by atoms with E-state index in [4.69, 9.17) is 0 Å². The predicted molar refractivity (Wildman–Crippen MR) is 87.4 cm³/mol. The van der Waals surface area contributed by atoms with Crippen LogP contribution in [0, 0.1) is 0 Å². The number of hydrogen-bond acceptors (Lipinski definition) is 5. The van der Waals surface area contributed by atoms with Crippen molar-refractivity contribution in [2.45, 2.75) is 30.5 Å². The Bertz CT molecular complexity index is 548. The molecule has 0 aliphatic carbocycles. The van der Waals surface area contributed by atoms with Crippen molar-refractivity contribution >= 4 is 21.4 Å². The third-order valence-corrected chi connectivity index (χ3v) is 7.13. The van der Waals surface area contributed by atoms with Crippen LogP contribution >= 0.6 is 11.3 Å². The number of rotatable bonds is 6. The maximum absolute atomic E-state index is 12.3. The quantitative estimate of drug-likeness (QED) is 0.852. The van der Waals surface area contributed by atoms with E-state index in [1.807, 2.05) is 13.0 Å². The summed E-state index contributed by atoms with van der Waals surface area (Å²) in [7, 11) is -1.24. The van der Waals surface area contributed by atoms with Crippen molar-refractivity contribution < 1.29 is 8.42 Å². The summed E-state index contributed by atoms with van der Waals surface area (Å²) in [6.07, 6.45) is 0.873. The molecule has 2 heterocycles. The first kappa shape index (κ1) is 16.9. The summed E-state index contributed by atoms with van der Waals surface area (Å²) in [5.41, 5.74) is 0. The highest BCUT2D eigenvalue weighted by Gasteiger charge is 2.22. The summed E-state index contributed by atoms with van der Waals surface area (Å²) in [5, 5.41) is 0. The number of sulfonamides is 1. The summed E-state index contributed by atoms with van der Waals surface area (Å²) in [6, 6.07) is 3.81. The first-order valence-corrected chi connectivity index (χ1v) is 9.73. The Hall–Kier alpha value is -0.470. The molecule has 1 N–H and O–H groups in total. The Labute approximate surface area is 132 Å². The van der Waals surface area contributed by atoms with Crippen LogP contribution in [0.15, 0.2) is 16.3 Å². The van der Waals surface area contributed by atoms with Gasteiger partial charge in [0.2, 0.25) is 10.0 Å². The summed E-state index contributed by atoms with van der Waals surface area (Å²) in [6.45, 7) is 8.66. The second-order valence-corrected chi connectivity index (χ2v) is 8.78. The van der Waals surface area contributed by atoms with E-state index in [-0.39, 0.29) is 6.04 Å². The fourth-order valence-corrected chi connectivity index (χ4v) is 4.85.